The van der Waals surface area contributed by atoms with Crippen molar-refractivity contribution in [2.45, 2.75) is 71.2 Å². The lowest BCUT2D eigenvalue weighted by atomic mass is 9.75. The number of carbonyl (C=O) groups excluding carboxylic acids is 1. The van der Waals surface area contributed by atoms with Crippen LogP contribution in [0.1, 0.15) is 64.5 Å². The number of hydrogen-bond donors (Lipinski definition) is 0. The van der Waals surface area contributed by atoms with Gasteiger partial charge in [0, 0.05) is 25.3 Å². The average Bonchev–Trinajstić information content (AvgIpc) is 3.63. The molecule has 0 spiro atoms. The number of hydrogen-bond acceptors (Lipinski definition) is 4. The van der Waals surface area contributed by atoms with Crippen molar-refractivity contribution in [3.8, 4) is 11.4 Å². The molecule has 39 heavy (non-hydrogen) atoms. The van der Waals surface area contributed by atoms with Gasteiger partial charge in [0.2, 0.25) is 0 Å². The Morgan fingerprint density at radius 1 is 1.08 bits per heavy atom. The third kappa shape index (κ3) is 5.52. The van der Waals surface area contributed by atoms with E-state index in [2.05, 4.69) is 20.8 Å². The quantitative estimate of drug-likeness (QED) is 0.287. The highest BCUT2D eigenvalue weighted by atomic mass is 19.4. The van der Waals surface area contributed by atoms with Crippen LogP contribution in [-0.2, 0) is 15.7 Å². The molecular formula is C31H38F3N3O2. The molecule has 2 aliphatic carbocycles. The highest BCUT2D eigenvalue weighted by Gasteiger charge is 2.43. The summed E-state index contributed by atoms with van der Waals surface area (Å²) in [6.07, 6.45) is 0.0419. The van der Waals surface area contributed by atoms with Crippen molar-refractivity contribution in [2.24, 2.45) is 23.7 Å². The second-order valence-electron chi connectivity index (χ2n) is 12.0. The first-order valence-corrected chi connectivity index (χ1v) is 14.0. The molecule has 3 aromatic rings. The minimum absolute atomic E-state index is 0.0653. The van der Waals surface area contributed by atoms with Gasteiger partial charge >= 0.3 is 12.1 Å². The molecule has 1 aromatic heterocycles. The summed E-state index contributed by atoms with van der Waals surface area (Å²) in [4.78, 5) is 20.2. The fourth-order valence-corrected chi connectivity index (χ4v) is 6.21. The maximum atomic E-state index is 14.1. The first kappa shape index (κ1) is 27.5. The number of aromatic nitrogens is 2. The van der Waals surface area contributed by atoms with Crippen LogP contribution < -0.4 is 4.90 Å². The van der Waals surface area contributed by atoms with Gasteiger partial charge in [-0.15, -0.1) is 0 Å². The number of imidazole rings is 1. The molecule has 2 aliphatic rings. The maximum absolute atomic E-state index is 14.1. The fourth-order valence-electron chi connectivity index (χ4n) is 6.21. The molecule has 1 heterocycles. The van der Waals surface area contributed by atoms with E-state index in [1.165, 1.54) is 11.0 Å². The van der Waals surface area contributed by atoms with E-state index < -0.39 is 17.8 Å². The molecule has 2 fully saturated rings. The monoisotopic (exact) mass is 541 g/mol. The van der Waals surface area contributed by atoms with E-state index in [0.717, 1.165) is 43.7 Å². The first-order valence-electron chi connectivity index (χ1n) is 14.0. The molecular weight excluding hydrogens is 503 g/mol. The molecule has 0 aliphatic heterocycles. The Hall–Kier alpha value is -3.03. The minimum Gasteiger partial charge on any atom is -0.461 e. The Kier molecular flexibility index (Phi) is 7.42. The average molecular weight is 542 g/mol. The van der Waals surface area contributed by atoms with Gasteiger partial charge < -0.3 is 14.2 Å². The Balaban J connectivity index is 1.60. The van der Waals surface area contributed by atoms with Crippen LogP contribution in [0.2, 0.25) is 0 Å². The summed E-state index contributed by atoms with van der Waals surface area (Å²) in [7, 11) is 3.18. The summed E-state index contributed by atoms with van der Waals surface area (Å²) in [5.41, 5.74) is 1.05. The second-order valence-corrected chi connectivity index (χ2v) is 12.0. The molecule has 5 nitrogen and oxygen atoms in total. The normalized spacial score (nSPS) is 22.7. The van der Waals surface area contributed by atoms with Crippen LogP contribution in [0.15, 0.2) is 42.5 Å². The number of fused-ring (bicyclic) bond motifs is 1. The van der Waals surface area contributed by atoms with Crippen LogP contribution in [-0.4, -0.2) is 35.7 Å². The predicted molar refractivity (Wildman–Crippen MR) is 147 cm³/mol. The van der Waals surface area contributed by atoms with Gasteiger partial charge in [0.15, 0.2) is 0 Å². The van der Waals surface area contributed by atoms with E-state index in [-0.39, 0.29) is 23.7 Å². The summed E-state index contributed by atoms with van der Waals surface area (Å²) in [5, 5.41) is 0. The number of benzene rings is 2. The van der Waals surface area contributed by atoms with Gasteiger partial charge in [-0.3, -0.25) is 0 Å². The highest BCUT2D eigenvalue weighted by molar-refractivity contribution is 5.86. The van der Waals surface area contributed by atoms with Crippen LogP contribution in [0.25, 0.3) is 22.4 Å². The van der Waals surface area contributed by atoms with Crippen molar-refractivity contribution in [3.63, 3.8) is 0 Å². The standard InChI is InChI=1S/C31H38F3N3O2/c1-18(2)22-14-10-19(3)16-27(22)39-30(38)28(20-11-12-20)37-26-9-7-6-8-24(26)35-29(37)21-13-15-25(36(4)5)23(17-21)31(32,33)34/h6-9,13,15,17-20,22,27-28H,10-12,14,16H2,1-5H3/t19?,22?,27-,28-/m1/s1. The van der Waals surface area contributed by atoms with E-state index in [0.29, 0.717) is 34.7 Å². The number of nitrogens with zero attached hydrogens (tertiary/aromatic N) is 3. The summed E-state index contributed by atoms with van der Waals surface area (Å²) >= 11 is 0. The number of alkyl halides is 3. The Bertz CT molecular complexity index is 1340. The zero-order valence-electron chi connectivity index (χ0n) is 23.3. The predicted octanol–water partition coefficient (Wildman–Crippen LogP) is 7.74. The molecule has 2 unspecified atom stereocenters. The lowest BCUT2D eigenvalue weighted by Crippen LogP contribution is -2.38. The molecule has 0 bridgehead atoms. The highest BCUT2D eigenvalue weighted by Crippen LogP contribution is 2.46. The van der Waals surface area contributed by atoms with Crippen molar-refractivity contribution in [1.29, 1.82) is 0 Å². The molecule has 8 heteroatoms. The first-order chi connectivity index (χ1) is 18.5. The van der Waals surface area contributed by atoms with Crippen LogP contribution in [0.4, 0.5) is 18.9 Å². The van der Waals surface area contributed by atoms with Crippen LogP contribution in [0, 0.1) is 23.7 Å². The SMILES string of the molecule is CC1CCC(C(C)C)[C@H](OC(=O)[C@@H](C2CC2)n2c(-c3ccc(N(C)C)c(C(F)(F)F)c3)nc3ccccc32)C1. The minimum atomic E-state index is -4.54. The molecule has 4 atom stereocenters. The van der Waals surface area contributed by atoms with Crippen LogP contribution >= 0.6 is 0 Å². The summed E-state index contributed by atoms with van der Waals surface area (Å²) < 4.78 is 50.5. The number of esters is 1. The maximum Gasteiger partial charge on any atom is 0.418 e. The number of carbonyl (C=O) groups is 1. The van der Waals surface area contributed by atoms with Gasteiger partial charge in [0.1, 0.15) is 18.0 Å². The van der Waals surface area contributed by atoms with Gasteiger partial charge in [0.05, 0.1) is 16.6 Å². The van der Waals surface area contributed by atoms with Crippen LogP contribution in [0.5, 0.6) is 0 Å². The second kappa shape index (κ2) is 10.5. The molecule has 0 N–H and O–H groups in total. The van der Waals surface area contributed by atoms with Gasteiger partial charge in [0.25, 0.3) is 0 Å². The lowest BCUT2D eigenvalue weighted by molar-refractivity contribution is -0.160. The summed E-state index contributed by atoms with van der Waals surface area (Å²) in [6.45, 7) is 6.56. The lowest BCUT2D eigenvalue weighted by Gasteiger charge is -2.37. The number of rotatable bonds is 7. The van der Waals surface area contributed by atoms with E-state index >= 15 is 0 Å². The third-order valence-corrected chi connectivity index (χ3v) is 8.45. The zero-order valence-corrected chi connectivity index (χ0v) is 23.3. The van der Waals surface area contributed by atoms with E-state index in [1.54, 1.807) is 20.2 Å². The molecule has 2 saturated carbocycles. The van der Waals surface area contributed by atoms with Crippen molar-refractivity contribution >= 4 is 22.7 Å². The zero-order chi connectivity index (χ0) is 28.1. The molecule has 0 amide bonds. The van der Waals surface area contributed by atoms with E-state index in [1.807, 2.05) is 28.8 Å². The van der Waals surface area contributed by atoms with Gasteiger partial charge in [-0.25, -0.2) is 9.78 Å². The Labute approximate surface area is 228 Å². The topological polar surface area (TPSA) is 47.4 Å². The number of anilines is 1. The molecule has 5 rings (SSSR count). The molecule has 0 radical (unpaired) electrons. The van der Waals surface area contributed by atoms with Crippen LogP contribution in [0.3, 0.4) is 0 Å². The largest absolute Gasteiger partial charge is 0.461 e. The van der Waals surface area contributed by atoms with Gasteiger partial charge in [-0.2, -0.15) is 13.2 Å². The number of para-hydroxylation sites is 2. The summed E-state index contributed by atoms with van der Waals surface area (Å²) in [6, 6.07) is 11.1. The van der Waals surface area contributed by atoms with Crippen molar-refractivity contribution in [1.82, 2.24) is 9.55 Å². The van der Waals surface area contributed by atoms with E-state index in [4.69, 9.17) is 9.72 Å². The number of ether oxygens (including phenoxy) is 1. The van der Waals surface area contributed by atoms with Crippen molar-refractivity contribution in [2.75, 3.05) is 19.0 Å². The smallest absolute Gasteiger partial charge is 0.418 e. The van der Waals surface area contributed by atoms with Gasteiger partial charge in [-0.1, -0.05) is 39.3 Å². The Morgan fingerprint density at radius 3 is 2.44 bits per heavy atom. The molecule has 0 saturated heterocycles. The molecule has 2 aromatic carbocycles. The molecule has 210 valence electrons. The van der Waals surface area contributed by atoms with Crippen molar-refractivity contribution in [3.05, 3.63) is 48.0 Å². The summed E-state index contributed by atoms with van der Waals surface area (Å²) in [5.74, 6) is 1.31. The Morgan fingerprint density at radius 2 is 1.79 bits per heavy atom. The number of halogens is 3. The van der Waals surface area contributed by atoms with Crippen molar-refractivity contribution < 1.29 is 22.7 Å². The fraction of sp³-hybridized carbons (Fsp3) is 0.548. The van der Waals surface area contributed by atoms with Gasteiger partial charge in [-0.05, 0) is 79.7 Å². The van der Waals surface area contributed by atoms with E-state index in [9.17, 15) is 18.0 Å². The third-order valence-electron chi connectivity index (χ3n) is 8.45.